The lowest BCUT2D eigenvalue weighted by Gasteiger charge is -2.35. The Balaban J connectivity index is 2.51. The molecule has 0 amide bonds. The summed E-state index contributed by atoms with van der Waals surface area (Å²) in [6, 6.07) is 2.11. The van der Waals surface area contributed by atoms with Crippen LogP contribution in [0, 0.1) is 4.78 Å². The summed E-state index contributed by atoms with van der Waals surface area (Å²) in [5.74, 6) is 0.821. The van der Waals surface area contributed by atoms with E-state index in [4.69, 9.17) is 9.52 Å². The highest BCUT2D eigenvalue weighted by molar-refractivity contribution is 7.98. The van der Waals surface area contributed by atoms with Gasteiger partial charge in [0.15, 0.2) is 5.16 Å². The number of thioether (sulfide) groups is 1. The monoisotopic (exact) mass is 344 g/mol. The molecule has 0 bridgehead atoms. The molecule has 1 aromatic heterocycles. The molecule has 2 rings (SSSR count). The first-order chi connectivity index (χ1) is 10.2. The quantitative estimate of drug-likeness (QED) is 0.667. The van der Waals surface area contributed by atoms with Crippen LogP contribution in [-0.4, -0.2) is 52.5 Å². The zero-order valence-corrected chi connectivity index (χ0v) is 15.4. The van der Waals surface area contributed by atoms with Gasteiger partial charge in [-0.2, -0.15) is 0 Å². The van der Waals surface area contributed by atoms with Gasteiger partial charge in [0.25, 0.3) is 0 Å². The van der Waals surface area contributed by atoms with Gasteiger partial charge in [-0.1, -0.05) is 11.8 Å². The van der Waals surface area contributed by atoms with Crippen molar-refractivity contribution >= 4 is 27.3 Å². The van der Waals surface area contributed by atoms with E-state index in [2.05, 4.69) is 21.8 Å². The lowest BCUT2D eigenvalue weighted by atomic mass is 10.1. The SMILES string of the molecule is CSc1nc(N2CCOC[C@H]2C)cc(C(C)(C)[S@@](C)(=N)=O)n1. The van der Waals surface area contributed by atoms with Crippen LogP contribution in [0.2, 0.25) is 0 Å². The van der Waals surface area contributed by atoms with Crippen molar-refractivity contribution in [2.75, 3.05) is 37.2 Å². The highest BCUT2D eigenvalue weighted by Gasteiger charge is 2.33. The number of morpholine rings is 1. The molecule has 0 unspecified atom stereocenters. The van der Waals surface area contributed by atoms with Gasteiger partial charge in [0.1, 0.15) is 5.82 Å². The van der Waals surface area contributed by atoms with Gasteiger partial charge in [-0.3, -0.25) is 4.78 Å². The molecule has 124 valence electrons. The zero-order chi connectivity index (χ0) is 16.5. The summed E-state index contributed by atoms with van der Waals surface area (Å²) in [6.45, 7) is 7.82. The van der Waals surface area contributed by atoms with Gasteiger partial charge < -0.3 is 9.64 Å². The van der Waals surface area contributed by atoms with Crippen LogP contribution in [0.4, 0.5) is 5.82 Å². The predicted molar refractivity (Wildman–Crippen MR) is 91.3 cm³/mol. The summed E-state index contributed by atoms with van der Waals surface area (Å²) in [5, 5.41) is 0.642. The third-order valence-electron chi connectivity index (χ3n) is 4.13. The summed E-state index contributed by atoms with van der Waals surface area (Å²) in [4.78, 5) is 11.3. The molecule has 0 aromatic carbocycles. The minimum atomic E-state index is -2.78. The van der Waals surface area contributed by atoms with Crippen molar-refractivity contribution in [1.29, 1.82) is 4.78 Å². The average molecular weight is 345 g/mol. The molecule has 1 fully saturated rings. The second-order valence-corrected chi connectivity index (χ2v) is 9.55. The van der Waals surface area contributed by atoms with Crippen LogP contribution in [0.3, 0.4) is 0 Å². The third kappa shape index (κ3) is 3.38. The molecule has 0 spiro atoms. The second-order valence-electron chi connectivity index (χ2n) is 6.07. The van der Waals surface area contributed by atoms with Crippen molar-refractivity contribution in [1.82, 2.24) is 9.97 Å². The van der Waals surface area contributed by atoms with Crippen LogP contribution in [-0.2, 0) is 19.2 Å². The molecule has 6 nitrogen and oxygen atoms in total. The largest absolute Gasteiger partial charge is 0.377 e. The molecule has 0 aliphatic carbocycles. The smallest absolute Gasteiger partial charge is 0.189 e. The highest BCUT2D eigenvalue weighted by Crippen LogP contribution is 2.32. The lowest BCUT2D eigenvalue weighted by Crippen LogP contribution is -2.44. The van der Waals surface area contributed by atoms with Crippen molar-refractivity contribution in [3.05, 3.63) is 11.8 Å². The van der Waals surface area contributed by atoms with Gasteiger partial charge in [-0.15, -0.1) is 0 Å². The van der Waals surface area contributed by atoms with Crippen molar-refractivity contribution in [3.63, 3.8) is 0 Å². The Morgan fingerprint density at radius 2 is 2.18 bits per heavy atom. The fourth-order valence-corrected chi connectivity index (χ4v) is 3.10. The fourth-order valence-electron chi connectivity index (χ4n) is 2.23. The average Bonchev–Trinajstić information content (AvgIpc) is 2.46. The first-order valence-electron chi connectivity index (χ1n) is 7.18. The van der Waals surface area contributed by atoms with Gasteiger partial charge in [-0.25, -0.2) is 14.2 Å². The lowest BCUT2D eigenvalue weighted by molar-refractivity contribution is 0.0984. The molecule has 22 heavy (non-hydrogen) atoms. The van der Waals surface area contributed by atoms with Crippen molar-refractivity contribution < 1.29 is 8.95 Å². The molecular weight excluding hydrogens is 320 g/mol. The summed E-state index contributed by atoms with van der Waals surface area (Å²) < 4.78 is 25.0. The van der Waals surface area contributed by atoms with Gasteiger partial charge in [0.2, 0.25) is 0 Å². The van der Waals surface area contributed by atoms with Crippen LogP contribution >= 0.6 is 11.8 Å². The first kappa shape index (κ1) is 17.5. The Bertz CT molecular complexity index is 646. The molecule has 0 radical (unpaired) electrons. The maximum Gasteiger partial charge on any atom is 0.189 e. The molecule has 1 N–H and O–H groups in total. The Labute approximate surface area is 137 Å². The van der Waals surface area contributed by atoms with Crippen LogP contribution < -0.4 is 4.90 Å². The summed E-state index contributed by atoms with van der Waals surface area (Å²) in [6.07, 6.45) is 3.38. The summed E-state index contributed by atoms with van der Waals surface area (Å²) in [7, 11) is -2.78. The standard InChI is InChI=1S/C14H24N4O2S2/c1-10-9-20-7-6-18(10)12-8-11(16-13(17-12)21-4)14(2,3)22(5,15)19/h8,10,15H,6-7,9H2,1-5H3/t10-,22+/m1/s1. The first-order valence-corrected chi connectivity index (χ1v) is 10.4. The Kier molecular flexibility index (Phi) is 5.03. The van der Waals surface area contributed by atoms with E-state index >= 15 is 0 Å². The van der Waals surface area contributed by atoms with E-state index in [0.717, 1.165) is 12.4 Å². The van der Waals surface area contributed by atoms with Crippen molar-refractivity contribution in [3.8, 4) is 0 Å². The number of ether oxygens (including phenoxy) is 1. The van der Waals surface area contributed by atoms with Gasteiger partial charge in [-0.05, 0) is 27.0 Å². The van der Waals surface area contributed by atoms with E-state index in [0.29, 0.717) is 24.1 Å². The van der Waals surface area contributed by atoms with Gasteiger partial charge in [0, 0.05) is 18.9 Å². The molecule has 1 aliphatic heterocycles. The number of anilines is 1. The number of aromatic nitrogens is 2. The van der Waals surface area contributed by atoms with Gasteiger partial charge >= 0.3 is 0 Å². The number of nitrogens with zero attached hydrogens (tertiary/aromatic N) is 3. The maximum absolute atomic E-state index is 12.3. The maximum atomic E-state index is 12.3. The number of nitrogens with one attached hydrogen (secondary N) is 1. The van der Waals surface area contributed by atoms with Gasteiger partial charge in [0.05, 0.1) is 39.4 Å². The summed E-state index contributed by atoms with van der Waals surface area (Å²) in [5.41, 5.74) is 0.656. The number of hydrogen-bond donors (Lipinski definition) is 1. The molecular formula is C14H24N4O2S2. The predicted octanol–water partition coefficient (Wildman–Crippen LogP) is 2.34. The van der Waals surface area contributed by atoms with E-state index in [-0.39, 0.29) is 6.04 Å². The fraction of sp³-hybridized carbons (Fsp3) is 0.714. The minimum absolute atomic E-state index is 0.233. The third-order valence-corrected chi connectivity index (χ3v) is 6.83. The number of hydrogen-bond acceptors (Lipinski definition) is 7. The number of rotatable bonds is 4. The Morgan fingerprint density at radius 3 is 2.73 bits per heavy atom. The Hall–Kier alpha value is -0.860. The van der Waals surface area contributed by atoms with Crippen molar-refractivity contribution in [2.45, 2.75) is 36.7 Å². The van der Waals surface area contributed by atoms with E-state index in [1.54, 1.807) is 13.8 Å². The summed E-state index contributed by atoms with van der Waals surface area (Å²) >= 11 is 1.45. The van der Waals surface area contributed by atoms with Crippen LogP contribution in [0.15, 0.2) is 11.2 Å². The van der Waals surface area contributed by atoms with E-state index in [1.807, 2.05) is 12.3 Å². The van der Waals surface area contributed by atoms with Crippen LogP contribution in [0.25, 0.3) is 0 Å². The van der Waals surface area contributed by atoms with E-state index in [9.17, 15) is 4.21 Å². The molecule has 1 saturated heterocycles. The molecule has 2 heterocycles. The van der Waals surface area contributed by atoms with E-state index < -0.39 is 14.5 Å². The molecule has 1 aliphatic rings. The Morgan fingerprint density at radius 1 is 1.50 bits per heavy atom. The topological polar surface area (TPSA) is 79.2 Å². The molecule has 1 aromatic rings. The van der Waals surface area contributed by atoms with Crippen LogP contribution in [0.5, 0.6) is 0 Å². The molecule has 8 heteroatoms. The van der Waals surface area contributed by atoms with Crippen LogP contribution in [0.1, 0.15) is 26.5 Å². The van der Waals surface area contributed by atoms with E-state index in [1.165, 1.54) is 18.0 Å². The molecule has 0 saturated carbocycles. The normalized spacial score (nSPS) is 22.4. The highest BCUT2D eigenvalue weighted by atomic mass is 32.2. The van der Waals surface area contributed by atoms with Crippen molar-refractivity contribution in [2.24, 2.45) is 0 Å². The minimum Gasteiger partial charge on any atom is -0.377 e. The molecule has 2 atom stereocenters. The second kappa shape index (κ2) is 6.33. The zero-order valence-electron chi connectivity index (χ0n) is 13.8.